The van der Waals surface area contributed by atoms with E-state index >= 15 is 0 Å². The molecule has 0 bridgehead atoms. The standard InChI is InChI=1S/C21H19ClN4O2S/c1-3-16-24-25-17-10-23-19(12-6-4-5-7-14(12)22)18-13-8-11(21(27)28-2)9-15(13)29-20(18)26(16)17/h4-7,11H,3,8-10H2,1-2H3. The lowest BCUT2D eigenvalue weighted by Crippen LogP contribution is -2.17. The largest absolute Gasteiger partial charge is 0.469 e. The van der Waals surface area contributed by atoms with Crippen molar-refractivity contribution in [2.24, 2.45) is 10.9 Å². The summed E-state index contributed by atoms with van der Waals surface area (Å²) in [4.78, 5) is 18.3. The van der Waals surface area contributed by atoms with Gasteiger partial charge in [0.15, 0.2) is 5.82 Å². The number of thiophene rings is 1. The molecule has 1 aromatic carbocycles. The van der Waals surface area contributed by atoms with Crippen LogP contribution in [0, 0.1) is 5.92 Å². The molecule has 5 rings (SSSR count). The molecule has 0 fully saturated rings. The lowest BCUT2D eigenvalue weighted by atomic mass is 9.97. The first-order valence-corrected chi connectivity index (χ1v) is 10.8. The summed E-state index contributed by atoms with van der Waals surface area (Å²) in [6, 6.07) is 7.76. The zero-order valence-corrected chi connectivity index (χ0v) is 17.7. The van der Waals surface area contributed by atoms with Crippen LogP contribution in [0.1, 0.15) is 40.1 Å². The molecule has 0 spiro atoms. The highest BCUT2D eigenvalue weighted by molar-refractivity contribution is 7.15. The number of aryl methyl sites for hydroxylation is 1. The Hall–Kier alpha value is -2.51. The van der Waals surface area contributed by atoms with Crippen LogP contribution in [-0.4, -0.2) is 33.6 Å². The number of aromatic nitrogens is 3. The van der Waals surface area contributed by atoms with Crippen molar-refractivity contribution in [1.82, 2.24) is 14.8 Å². The molecule has 3 aromatic rings. The summed E-state index contributed by atoms with van der Waals surface area (Å²) in [6.07, 6.45) is 2.12. The van der Waals surface area contributed by atoms with Crippen molar-refractivity contribution in [3.05, 3.63) is 62.5 Å². The number of ether oxygens (including phenoxy) is 1. The molecule has 1 atom stereocenters. The van der Waals surface area contributed by atoms with Crippen LogP contribution in [0.4, 0.5) is 0 Å². The molecular formula is C21H19ClN4O2S. The molecule has 0 amide bonds. The molecule has 148 valence electrons. The predicted molar refractivity (Wildman–Crippen MR) is 112 cm³/mol. The Bertz CT molecular complexity index is 1160. The summed E-state index contributed by atoms with van der Waals surface area (Å²) in [6.45, 7) is 2.51. The van der Waals surface area contributed by atoms with E-state index in [2.05, 4.69) is 21.7 Å². The molecule has 0 radical (unpaired) electrons. The van der Waals surface area contributed by atoms with E-state index in [9.17, 15) is 4.79 Å². The Morgan fingerprint density at radius 2 is 2.14 bits per heavy atom. The average Bonchev–Trinajstić information content (AvgIpc) is 3.39. The van der Waals surface area contributed by atoms with Crippen molar-refractivity contribution in [1.29, 1.82) is 0 Å². The Morgan fingerprint density at radius 1 is 1.31 bits per heavy atom. The fourth-order valence-electron chi connectivity index (χ4n) is 4.18. The fourth-order valence-corrected chi connectivity index (χ4v) is 5.85. The van der Waals surface area contributed by atoms with Crippen LogP contribution >= 0.6 is 22.9 Å². The van der Waals surface area contributed by atoms with Crippen molar-refractivity contribution < 1.29 is 9.53 Å². The van der Waals surface area contributed by atoms with E-state index in [1.54, 1.807) is 11.3 Å². The number of fused-ring (bicyclic) bond motifs is 5. The van der Waals surface area contributed by atoms with Crippen LogP contribution in [0.15, 0.2) is 29.3 Å². The first-order chi connectivity index (χ1) is 14.1. The Labute approximate surface area is 177 Å². The van der Waals surface area contributed by atoms with Gasteiger partial charge in [-0.2, -0.15) is 0 Å². The lowest BCUT2D eigenvalue weighted by molar-refractivity contribution is -0.145. The Morgan fingerprint density at radius 3 is 2.90 bits per heavy atom. The van der Waals surface area contributed by atoms with Gasteiger partial charge in [0, 0.05) is 27.4 Å². The summed E-state index contributed by atoms with van der Waals surface area (Å²) < 4.78 is 7.14. The summed E-state index contributed by atoms with van der Waals surface area (Å²) in [5.74, 6) is 1.44. The number of carbonyl (C=O) groups excluding carboxylic acids is 1. The normalized spacial score (nSPS) is 17.2. The molecule has 0 saturated heterocycles. The maximum absolute atomic E-state index is 12.2. The van der Waals surface area contributed by atoms with Gasteiger partial charge in [0.1, 0.15) is 17.4 Å². The summed E-state index contributed by atoms with van der Waals surface area (Å²) in [7, 11) is 1.45. The van der Waals surface area contributed by atoms with Crippen LogP contribution in [-0.2, 0) is 35.3 Å². The van der Waals surface area contributed by atoms with Gasteiger partial charge in [-0.15, -0.1) is 21.5 Å². The summed E-state index contributed by atoms with van der Waals surface area (Å²) in [5.41, 5.74) is 3.98. The number of esters is 1. The molecule has 2 aliphatic rings. The molecule has 3 heterocycles. The van der Waals surface area contributed by atoms with Crippen LogP contribution in [0.3, 0.4) is 0 Å². The number of nitrogens with zero attached hydrogens (tertiary/aromatic N) is 4. The number of hydrogen-bond acceptors (Lipinski definition) is 6. The van der Waals surface area contributed by atoms with E-state index in [1.807, 2.05) is 24.3 Å². The third-order valence-corrected chi connectivity index (χ3v) is 7.12. The van der Waals surface area contributed by atoms with E-state index in [4.69, 9.17) is 21.3 Å². The second kappa shape index (κ2) is 7.07. The monoisotopic (exact) mass is 426 g/mol. The van der Waals surface area contributed by atoms with E-state index in [-0.39, 0.29) is 11.9 Å². The zero-order chi connectivity index (χ0) is 20.1. The first-order valence-electron chi connectivity index (χ1n) is 9.58. The maximum atomic E-state index is 12.2. The van der Waals surface area contributed by atoms with Crippen LogP contribution in [0.25, 0.3) is 5.00 Å². The topological polar surface area (TPSA) is 69.4 Å². The molecule has 2 aromatic heterocycles. The minimum Gasteiger partial charge on any atom is -0.469 e. The van der Waals surface area contributed by atoms with Gasteiger partial charge in [0.2, 0.25) is 0 Å². The highest BCUT2D eigenvalue weighted by Gasteiger charge is 2.37. The maximum Gasteiger partial charge on any atom is 0.309 e. The first kappa shape index (κ1) is 18.5. The fraction of sp³-hybridized carbons (Fsp3) is 0.333. The minimum atomic E-state index is -0.161. The van der Waals surface area contributed by atoms with E-state index in [0.717, 1.165) is 39.9 Å². The molecule has 29 heavy (non-hydrogen) atoms. The number of carbonyl (C=O) groups is 1. The molecule has 1 aliphatic heterocycles. The molecule has 6 nitrogen and oxygen atoms in total. The third kappa shape index (κ3) is 2.83. The van der Waals surface area contributed by atoms with Crippen LogP contribution in [0.2, 0.25) is 5.02 Å². The van der Waals surface area contributed by atoms with Gasteiger partial charge in [-0.1, -0.05) is 36.7 Å². The number of aliphatic imine (C=N–C) groups is 1. The second-order valence-electron chi connectivity index (χ2n) is 7.18. The van der Waals surface area contributed by atoms with Crippen LogP contribution in [0.5, 0.6) is 0 Å². The van der Waals surface area contributed by atoms with Crippen LogP contribution < -0.4 is 0 Å². The third-order valence-electron chi connectivity index (χ3n) is 5.55. The second-order valence-corrected chi connectivity index (χ2v) is 8.67. The van der Waals surface area contributed by atoms with Crippen molar-refractivity contribution in [2.75, 3.05) is 7.11 Å². The number of benzene rings is 1. The molecular weight excluding hydrogens is 408 g/mol. The number of halogens is 1. The van der Waals surface area contributed by atoms with Gasteiger partial charge in [0.05, 0.1) is 18.7 Å². The van der Waals surface area contributed by atoms with Gasteiger partial charge in [-0.05, 0) is 24.5 Å². The smallest absolute Gasteiger partial charge is 0.309 e. The SMILES string of the molecule is CCc1nnc2n1-c1sc3c(c1C(c1ccccc1Cl)=NC2)CC(C(=O)OC)C3. The van der Waals surface area contributed by atoms with E-state index in [0.29, 0.717) is 24.4 Å². The Kier molecular flexibility index (Phi) is 4.52. The highest BCUT2D eigenvalue weighted by Crippen LogP contribution is 2.43. The summed E-state index contributed by atoms with van der Waals surface area (Å²) in [5, 5.41) is 10.5. The van der Waals surface area contributed by atoms with Crippen molar-refractivity contribution in [3.63, 3.8) is 0 Å². The van der Waals surface area contributed by atoms with Gasteiger partial charge in [-0.3, -0.25) is 14.4 Å². The van der Waals surface area contributed by atoms with E-state index in [1.165, 1.54) is 17.6 Å². The molecule has 0 N–H and O–H groups in total. The van der Waals surface area contributed by atoms with Crippen molar-refractivity contribution in [2.45, 2.75) is 32.7 Å². The number of rotatable bonds is 3. The lowest BCUT2D eigenvalue weighted by Gasteiger charge is -2.13. The molecule has 8 heteroatoms. The van der Waals surface area contributed by atoms with Gasteiger partial charge < -0.3 is 4.74 Å². The average molecular weight is 427 g/mol. The van der Waals surface area contributed by atoms with Gasteiger partial charge in [0.25, 0.3) is 0 Å². The van der Waals surface area contributed by atoms with Crippen molar-refractivity contribution in [3.8, 4) is 5.00 Å². The Balaban J connectivity index is 1.74. The summed E-state index contributed by atoms with van der Waals surface area (Å²) >= 11 is 8.26. The zero-order valence-electron chi connectivity index (χ0n) is 16.1. The predicted octanol–water partition coefficient (Wildman–Crippen LogP) is 3.78. The molecule has 1 aliphatic carbocycles. The highest BCUT2D eigenvalue weighted by atomic mass is 35.5. The van der Waals surface area contributed by atoms with Gasteiger partial charge >= 0.3 is 5.97 Å². The quantitative estimate of drug-likeness (QED) is 0.597. The number of hydrogen-bond donors (Lipinski definition) is 0. The molecule has 0 saturated carbocycles. The molecule has 1 unspecified atom stereocenters. The number of methoxy groups -OCH3 is 1. The van der Waals surface area contributed by atoms with Gasteiger partial charge in [-0.25, -0.2) is 0 Å². The van der Waals surface area contributed by atoms with E-state index < -0.39 is 0 Å². The minimum absolute atomic E-state index is 0.145. The van der Waals surface area contributed by atoms with Crippen molar-refractivity contribution >= 4 is 34.6 Å².